The molecule has 1 amide bonds. The van der Waals surface area contributed by atoms with E-state index in [2.05, 4.69) is 9.72 Å². The highest BCUT2D eigenvalue weighted by Crippen LogP contribution is 2.36. The Hall–Kier alpha value is -4.02. The topological polar surface area (TPSA) is 109 Å². The molecule has 0 saturated carbocycles. The number of pyridine rings is 1. The van der Waals surface area contributed by atoms with Crippen LogP contribution in [0.4, 0.5) is 28.4 Å². The number of H-pyrrole nitrogens is 1. The minimum atomic E-state index is -4.59. The maximum absolute atomic E-state index is 13.4. The van der Waals surface area contributed by atoms with E-state index in [1.54, 1.807) is 0 Å². The summed E-state index contributed by atoms with van der Waals surface area (Å²) in [6, 6.07) is 10.8. The fraction of sp³-hybridized carbons (Fsp3) is 0.190. The molecule has 1 aromatic heterocycles. The molecular formula is C21H15F3N2O6. The third kappa shape index (κ3) is 4.09. The third-order valence-electron chi connectivity index (χ3n) is 4.93. The molecule has 0 radical (unpaired) electrons. The van der Waals surface area contributed by atoms with Crippen LogP contribution in [0.15, 0.2) is 53.3 Å². The first kappa shape index (κ1) is 21.2. The first-order valence-electron chi connectivity index (χ1n) is 9.31. The Morgan fingerprint density at radius 1 is 1.19 bits per heavy atom. The van der Waals surface area contributed by atoms with Crippen molar-refractivity contribution in [2.75, 3.05) is 18.1 Å². The second-order valence-corrected chi connectivity index (χ2v) is 7.02. The van der Waals surface area contributed by atoms with Gasteiger partial charge in [0.25, 0.3) is 5.56 Å². The Morgan fingerprint density at radius 3 is 2.66 bits per heavy atom. The standard InChI is InChI=1S/C21H15F3N2O6/c22-21(23,24)16-4-2-1-3-14(16)17-7-11-5-6-12(8-15(11)18(27)25-17)26-9-13(32-19(26)28)10-31-20(29)30/h1-8,13H,9-10H2,(H,25,27)(H,29,30). The van der Waals surface area contributed by atoms with Crippen molar-refractivity contribution in [2.45, 2.75) is 12.3 Å². The fourth-order valence-corrected chi connectivity index (χ4v) is 3.51. The van der Waals surface area contributed by atoms with Crippen LogP contribution < -0.4 is 10.5 Å². The fourth-order valence-electron chi connectivity index (χ4n) is 3.51. The number of nitrogens with zero attached hydrogens (tertiary/aromatic N) is 1. The van der Waals surface area contributed by atoms with E-state index in [1.165, 1.54) is 47.4 Å². The van der Waals surface area contributed by atoms with Gasteiger partial charge in [-0.1, -0.05) is 24.3 Å². The van der Waals surface area contributed by atoms with Gasteiger partial charge in [-0.05, 0) is 29.7 Å². The van der Waals surface area contributed by atoms with E-state index in [0.717, 1.165) is 6.07 Å². The van der Waals surface area contributed by atoms with Gasteiger partial charge in [0.05, 0.1) is 12.1 Å². The van der Waals surface area contributed by atoms with Crippen LogP contribution in [0.2, 0.25) is 0 Å². The lowest BCUT2D eigenvalue weighted by atomic mass is 10.0. The normalized spacial score (nSPS) is 16.3. The average Bonchev–Trinajstić information content (AvgIpc) is 3.12. The van der Waals surface area contributed by atoms with E-state index in [9.17, 15) is 27.6 Å². The molecule has 11 heteroatoms. The van der Waals surface area contributed by atoms with E-state index >= 15 is 0 Å². The Labute approximate surface area is 177 Å². The predicted molar refractivity (Wildman–Crippen MR) is 107 cm³/mol. The van der Waals surface area contributed by atoms with Crippen LogP contribution in [0.25, 0.3) is 22.0 Å². The third-order valence-corrected chi connectivity index (χ3v) is 4.93. The second kappa shape index (κ2) is 7.91. The number of aromatic nitrogens is 1. The van der Waals surface area contributed by atoms with Gasteiger partial charge in [-0.3, -0.25) is 9.69 Å². The van der Waals surface area contributed by atoms with Crippen LogP contribution in [0.3, 0.4) is 0 Å². The Balaban J connectivity index is 1.68. The number of amides is 1. The molecule has 1 fully saturated rings. The van der Waals surface area contributed by atoms with Crippen molar-refractivity contribution in [2.24, 2.45) is 0 Å². The van der Waals surface area contributed by atoms with Gasteiger partial charge >= 0.3 is 18.4 Å². The summed E-state index contributed by atoms with van der Waals surface area (Å²) in [5.41, 5.74) is -1.34. The number of cyclic esters (lactones) is 1. The molecule has 8 nitrogen and oxygen atoms in total. The van der Waals surface area contributed by atoms with Crippen LogP contribution >= 0.6 is 0 Å². The molecule has 0 aliphatic carbocycles. The highest BCUT2D eigenvalue weighted by molar-refractivity contribution is 5.94. The summed E-state index contributed by atoms with van der Waals surface area (Å²) in [6.07, 6.45) is -7.65. The van der Waals surface area contributed by atoms with Crippen LogP contribution in [0.5, 0.6) is 0 Å². The van der Waals surface area contributed by atoms with E-state index in [0.29, 0.717) is 11.1 Å². The van der Waals surface area contributed by atoms with Gasteiger partial charge in [-0.2, -0.15) is 13.2 Å². The maximum atomic E-state index is 13.4. The Kier molecular flexibility index (Phi) is 5.25. The van der Waals surface area contributed by atoms with Crippen molar-refractivity contribution in [1.29, 1.82) is 0 Å². The number of carbonyl (C=O) groups is 2. The lowest BCUT2D eigenvalue weighted by molar-refractivity contribution is -0.137. The zero-order valence-corrected chi connectivity index (χ0v) is 16.2. The summed E-state index contributed by atoms with van der Waals surface area (Å²) in [5.74, 6) is 0. The summed E-state index contributed by atoms with van der Waals surface area (Å²) >= 11 is 0. The number of nitrogens with one attached hydrogen (secondary N) is 1. The largest absolute Gasteiger partial charge is 0.505 e. The van der Waals surface area contributed by atoms with Gasteiger partial charge in [-0.15, -0.1) is 0 Å². The zero-order chi connectivity index (χ0) is 23.0. The number of fused-ring (bicyclic) bond motifs is 1. The Bertz CT molecular complexity index is 1270. The van der Waals surface area contributed by atoms with Crippen LogP contribution in [-0.4, -0.2) is 41.6 Å². The summed E-state index contributed by atoms with van der Waals surface area (Å²) < 4.78 is 49.5. The second-order valence-electron chi connectivity index (χ2n) is 7.02. The van der Waals surface area contributed by atoms with Gasteiger partial charge in [0.15, 0.2) is 6.10 Å². The molecule has 2 heterocycles. The molecule has 1 aliphatic rings. The monoisotopic (exact) mass is 448 g/mol. The molecule has 2 aromatic carbocycles. The predicted octanol–water partition coefficient (Wildman–Crippen LogP) is 4.23. The lowest BCUT2D eigenvalue weighted by Gasteiger charge is -2.15. The number of benzene rings is 2. The smallest absolute Gasteiger partial charge is 0.450 e. The van der Waals surface area contributed by atoms with Crippen molar-refractivity contribution in [3.05, 3.63) is 64.4 Å². The number of hydrogen-bond acceptors (Lipinski definition) is 5. The minimum Gasteiger partial charge on any atom is -0.450 e. The summed E-state index contributed by atoms with van der Waals surface area (Å²) in [6.45, 7) is -0.333. The highest BCUT2D eigenvalue weighted by atomic mass is 19.4. The summed E-state index contributed by atoms with van der Waals surface area (Å²) in [5, 5.41) is 9.10. The molecule has 4 rings (SSSR count). The SMILES string of the molecule is O=C(O)OCC1CN(c2ccc3cc(-c4ccccc4C(F)(F)F)[nH]c(=O)c3c2)C(=O)O1. The van der Waals surface area contributed by atoms with Gasteiger partial charge < -0.3 is 19.6 Å². The quantitative estimate of drug-likeness (QED) is 0.578. The number of hydrogen-bond donors (Lipinski definition) is 2. The maximum Gasteiger partial charge on any atom is 0.505 e. The molecule has 1 atom stereocenters. The Morgan fingerprint density at radius 2 is 1.94 bits per heavy atom. The summed E-state index contributed by atoms with van der Waals surface area (Å²) in [4.78, 5) is 39.0. The molecule has 2 N–H and O–H groups in total. The van der Waals surface area contributed by atoms with Crippen LogP contribution in [0, 0.1) is 0 Å². The van der Waals surface area contributed by atoms with E-state index < -0.39 is 35.7 Å². The first-order chi connectivity index (χ1) is 15.1. The number of anilines is 1. The molecule has 1 aliphatic heterocycles. The lowest BCUT2D eigenvalue weighted by Crippen LogP contribution is -2.26. The van der Waals surface area contributed by atoms with Gasteiger partial charge in [0, 0.05) is 22.3 Å². The summed E-state index contributed by atoms with van der Waals surface area (Å²) in [7, 11) is 0. The van der Waals surface area contributed by atoms with Crippen molar-refractivity contribution in [1.82, 2.24) is 4.98 Å². The van der Waals surface area contributed by atoms with E-state index in [1.807, 2.05) is 0 Å². The number of carbonyl (C=O) groups excluding carboxylic acids is 1. The highest BCUT2D eigenvalue weighted by Gasteiger charge is 2.34. The molecule has 0 spiro atoms. The van der Waals surface area contributed by atoms with Crippen molar-refractivity contribution >= 4 is 28.7 Å². The molecule has 32 heavy (non-hydrogen) atoms. The number of ether oxygens (including phenoxy) is 2. The van der Waals surface area contributed by atoms with Gasteiger partial charge in [0.2, 0.25) is 0 Å². The number of carboxylic acid groups (broad SMARTS) is 1. The van der Waals surface area contributed by atoms with Crippen molar-refractivity contribution in [3.63, 3.8) is 0 Å². The van der Waals surface area contributed by atoms with Crippen molar-refractivity contribution < 1.29 is 37.3 Å². The number of halogens is 3. The molecule has 166 valence electrons. The number of aromatic amines is 1. The molecule has 1 saturated heterocycles. The van der Waals surface area contributed by atoms with E-state index in [4.69, 9.17) is 9.84 Å². The number of alkyl halides is 3. The molecule has 1 unspecified atom stereocenters. The van der Waals surface area contributed by atoms with Crippen LogP contribution in [-0.2, 0) is 15.7 Å². The first-order valence-corrected chi connectivity index (χ1v) is 9.31. The molecular weight excluding hydrogens is 433 g/mol. The van der Waals surface area contributed by atoms with Gasteiger partial charge in [0.1, 0.15) is 6.61 Å². The zero-order valence-electron chi connectivity index (χ0n) is 16.2. The van der Waals surface area contributed by atoms with Crippen LogP contribution in [0.1, 0.15) is 5.56 Å². The molecule has 3 aromatic rings. The van der Waals surface area contributed by atoms with Gasteiger partial charge in [-0.25, -0.2) is 9.59 Å². The van der Waals surface area contributed by atoms with Crippen molar-refractivity contribution in [3.8, 4) is 11.3 Å². The average molecular weight is 448 g/mol. The van der Waals surface area contributed by atoms with E-state index in [-0.39, 0.29) is 29.8 Å². The number of rotatable bonds is 4. The molecule has 0 bridgehead atoms. The minimum absolute atomic E-state index is 0.00651.